The number of rotatable bonds is 3. The maximum absolute atomic E-state index is 12.1. The van der Waals surface area contributed by atoms with Gasteiger partial charge in [0.1, 0.15) is 6.54 Å². The van der Waals surface area contributed by atoms with Crippen LogP contribution in [0.5, 0.6) is 0 Å². The number of amides is 1. The third kappa shape index (κ3) is 4.19. The molecule has 1 aromatic rings. The van der Waals surface area contributed by atoms with Crippen molar-refractivity contribution in [3.8, 4) is 0 Å². The molecule has 1 aromatic heterocycles. The van der Waals surface area contributed by atoms with Gasteiger partial charge in [-0.05, 0) is 13.8 Å². The molecule has 5 nitrogen and oxygen atoms in total. The number of thiazole rings is 1. The Kier molecular flexibility index (Phi) is 4.87. The van der Waals surface area contributed by atoms with Crippen LogP contribution in [0.4, 0.5) is 13.2 Å². The summed E-state index contributed by atoms with van der Waals surface area (Å²) in [6.45, 7) is 3.08. The van der Waals surface area contributed by atoms with Gasteiger partial charge in [0, 0.05) is 11.1 Å². The summed E-state index contributed by atoms with van der Waals surface area (Å²) < 4.78 is 42.2. The van der Waals surface area contributed by atoms with Crippen molar-refractivity contribution in [1.82, 2.24) is 4.57 Å². The first-order chi connectivity index (χ1) is 8.75. The van der Waals surface area contributed by atoms with E-state index in [1.54, 1.807) is 13.8 Å². The number of nitrogens with zero attached hydrogens (tertiary/aromatic N) is 2. The van der Waals surface area contributed by atoms with Gasteiger partial charge >= 0.3 is 18.1 Å². The first kappa shape index (κ1) is 15.4. The van der Waals surface area contributed by atoms with E-state index in [0.717, 1.165) is 11.3 Å². The van der Waals surface area contributed by atoms with E-state index < -0.39 is 18.1 Å². The molecule has 0 radical (unpaired) electrons. The lowest BCUT2D eigenvalue weighted by molar-refractivity contribution is -0.169. The fourth-order valence-corrected chi connectivity index (χ4v) is 2.06. The molecule has 0 saturated carbocycles. The molecule has 0 saturated heterocycles. The number of aryl methyl sites for hydroxylation is 1. The van der Waals surface area contributed by atoms with Crippen LogP contribution in [0.2, 0.25) is 0 Å². The molecule has 1 amide bonds. The van der Waals surface area contributed by atoms with Gasteiger partial charge in [0.25, 0.3) is 0 Å². The van der Waals surface area contributed by atoms with Gasteiger partial charge in [-0.1, -0.05) is 0 Å². The van der Waals surface area contributed by atoms with Crippen LogP contribution in [0.3, 0.4) is 0 Å². The SMILES string of the molecule is CCOC(=O)Cn1c(C)csc1=NC(=O)C(F)(F)F. The van der Waals surface area contributed by atoms with Gasteiger partial charge in [-0.2, -0.15) is 18.2 Å². The van der Waals surface area contributed by atoms with E-state index >= 15 is 0 Å². The molecular formula is C10H11F3N2O3S. The predicted octanol–water partition coefficient (Wildman–Crippen LogP) is 1.41. The largest absolute Gasteiger partial charge is 0.473 e. The molecule has 19 heavy (non-hydrogen) atoms. The number of carbonyl (C=O) groups is 2. The zero-order valence-electron chi connectivity index (χ0n) is 10.2. The van der Waals surface area contributed by atoms with Crippen molar-refractivity contribution < 1.29 is 27.5 Å². The third-order valence-electron chi connectivity index (χ3n) is 2.02. The highest BCUT2D eigenvalue weighted by Gasteiger charge is 2.38. The highest BCUT2D eigenvalue weighted by Crippen LogP contribution is 2.16. The standard InChI is InChI=1S/C10H11F3N2O3S/c1-3-18-7(16)4-15-6(2)5-19-9(15)14-8(17)10(11,12)13/h5H,3-4H2,1-2H3. The zero-order chi connectivity index (χ0) is 14.6. The van der Waals surface area contributed by atoms with Gasteiger partial charge < -0.3 is 9.30 Å². The molecule has 0 aliphatic rings. The minimum absolute atomic E-state index is 0.163. The van der Waals surface area contributed by atoms with Crippen LogP contribution in [0.15, 0.2) is 10.4 Å². The molecule has 1 rings (SSSR count). The third-order valence-corrected chi connectivity index (χ3v) is 3.01. The number of aromatic nitrogens is 1. The second-order valence-corrected chi connectivity index (χ2v) is 4.30. The normalized spacial score (nSPS) is 12.6. The molecule has 0 aliphatic carbocycles. The van der Waals surface area contributed by atoms with Gasteiger partial charge in [-0.25, -0.2) is 0 Å². The van der Waals surface area contributed by atoms with Crippen molar-refractivity contribution in [1.29, 1.82) is 0 Å². The molecule has 9 heteroatoms. The first-order valence-corrected chi connectivity index (χ1v) is 6.10. The van der Waals surface area contributed by atoms with Crippen molar-refractivity contribution in [2.75, 3.05) is 6.61 Å². The Balaban J connectivity index is 3.07. The lowest BCUT2D eigenvalue weighted by atomic mass is 10.5. The van der Waals surface area contributed by atoms with Crippen LogP contribution in [0.25, 0.3) is 0 Å². The summed E-state index contributed by atoms with van der Waals surface area (Å²) in [4.78, 5) is 24.9. The summed E-state index contributed by atoms with van der Waals surface area (Å²) in [5.41, 5.74) is 0.520. The Labute approximate surface area is 110 Å². The van der Waals surface area contributed by atoms with Crippen LogP contribution in [-0.2, 0) is 20.9 Å². The predicted molar refractivity (Wildman–Crippen MR) is 60.3 cm³/mol. The zero-order valence-corrected chi connectivity index (χ0v) is 11.0. The molecule has 0 unspecified atom stereocenters. The molecule has 0 atom stereocenters. The lowest BCUT2D eigenvalue weighted by Gasteiger charge is -2.05. The van der Waals surface area contributed by atoms with Crippen LogP contribution >= 0.6 is 11.3 Å². The summed E-state index contributed by atoms with van der Waals surface area (Å²) in [7, 11) is 0. The van der Waals surface area contributed by atoms with Gasteiger partial charge in [0.15, 0.2) is 4.80 Å². The molecule has 0 bridgehead atoms. The van der Waals surface area contributed by atoms with Gasteiger partial charge in [-0.3, -0.25) is 9.59 Å². The van der Waals surface area contributed by atoms with E-state index in [1.165, 1.54) is 9.95 Å². The fraction of sp³-hybridized carbons (Fsp3) is 0.500. The molecule has 0 spiro atoms. The van der Waals surface area contributed by atoms with E-state index in [9.17, 15) is 22.8 Å². The van der Waals surface area contributed by atoms with Crippen molar-refractivity contribution in [3.63, 3.8) is 0 Å². The molecule has 0 fully saturated rings. The van der Waals surface area contributed by atoms with Crippen LogP contribution in [0, 0.1) is 6.92 Å². The summed E-state index contributed by atoms with van der Waals surface area (Å²) in [5, 5.41) is 1.50. The number of alkyl halides is 3. The van der Waals surface area contributed by atoms with Crippen molar-refractivity contribution in [2.45, 2.75) is 26.6 Å². The van der Waals surface area contributed by atoms with Gasteiger partial charge in [-0.15, -0.1) is 11.3 Å². The van der Waals surface area contributed by atoms with E-state index in [-0.39, 0.29) is 18.0 Å². The highest BCUT2D eigenvalue weighted by molar-refractivity contribution is 7.07. The summed E-state index contributed by atoms with van der Waals surface area (Å²) in [6.07, 6.45) is -5.03. The minimum Gasteiger partial charge on any atom is -0.465 e. The van der Waals surface area contributed by atoms with Crippen molar-refractivity contribution in [2.24, 2.45) is 4.99 Å². The van der Waals surface area contributed by atoms with Crippen LogP contribution in [0.1, 0.15) is 12.6 Å². The van der Waals surface area contributed by atoms with E-state index in [0.29, 0.717) is 5.69 Å². The molecule has 0 aromatic carbocycles. The molecule has 0 aliphatic heterocycles. The fourth-order valence-electron chi connectivity index (χ4n) is 1.18. The first-order valence-electron chi connectivity index (χ1n) is 5.22. The molecule has 0 N–H and O–H groups in total. The van der Waals surface area contributed by atoms with E-state index in [4.69, 9.17) is 4.74 Å². The second-order valence-electron chi connectivity index (χ2n) is 3.47. The number of hydrogen-bond acceptors (Lipinski definition) is 4. The van der Waals surface area contributed by atoms with E-state index in [1.807, 2.05) is 0 Å². The topological polar surface area (TPSA) is 60.7 Å². The molecule has 1 heterocycles. The second kappa shape index (κ2) is 6.00. The maximum Gasteiger partial charge on any atom is 0.473 e. The average molecular weight is 296 g/mol. The quantitative estimate of drug-likeness (QED) is 0.792. The Bertz CT molecular complexity index is 545. The van der Waals surface area contributed by atoms with Gasteiger partial charge in [0.2, 0.25) is 0 Å². The van der Waals surface area contributed by atoms with Crippen LogP contribution < -0.4 is 4.80 Å². The maximum atomic E-state index is 12.1. The molecule has 106 valence electrons. The number of esters is 1. The smallest absolute Gasteiger partial charge is 0.465 e. The summed E-state index contributed by atoms with van der Waals surface area (Å²) in [6, 6.07) is 0. The number of ether oxygens (including phenoxy) is 1. The Morgan fingerprint density at radius 3 is 2.63 bits per heavy atom. The average Bonchev–Trinajstić information content (AvgIpc) is 2.60. The minimum atomic E-state index is -5.03. The van der Waals surface area contributed by atoms with Gasteiger partial charge in [0.05, 0.1) is 6.61 Å². The summed E-state index contributed by atoms with van der Waals surface area (Å²) in [5.74, 6) is -2.81. The van der Waals surface area contributed by atoms with Crippen LogP contribution in [-0.4, -0.2) is 29.2 Å². The number of hydrogen-bond donors (Lipinski definition) is 0. The Morgan fingerprint density at radius 1 is 1.47 bits per heavy atom. The Morgan fingerprint density at radius 2 is 2.11 bits per heavy atom. The van der Waals surface area contributed by atoms with E-state index in [2.05, 4.69) is 4.99 Å². The molecular weight excluding hydrogens is 285 g/mol. The summed E-state index contributed by atoms with van der Waals surface area (Å²) >= 11 is 0.848. The van der Waals surface area contributed by atoms with Crippen molar-refractivity contribution >= 4 is 23.2 Å². The monoisotopic (exact) mass is 296 g/mol. The highest BCUT2D eigenvalue weighted by atomic mass is 32.1. The Hall–Kier alpha value is -1.64. The lowest BCUT2D eigenvalue weighted by Crippen LogP contribution is -2.28. The number of halogens is 3. The van der Waals surface area contributed by atoms with Crippen molar-refractivity contribution in [3.05, 3.63) is 15.9 Å². The number of carbonyl (C=O) groups excluding carboxylic acids is 2.